The Morgan fingerprint density at radius 2 is 1.93 bits per heavy atom. The molecule has 0 bridgehead atoms. The van der Waals surface area contributed by atoms with Crippen LogP contribution in [0.1, 0.15) is 16.9 Å². The van der Waals surface area contributed by atoms with Crippen molar-refractivity contribution in [1.29, 1.82) is 0 Å². The van der Waals surface area contributed by atoms with Gasteiger partial charge in [-0.3, -0.25) is 4.79 Å². The van der Waals surface area contributed by atoms with E-state index in [0.717, 1.165) is 5.39 Å². The molecule has 1 aromatic carbocycles. The standard InChI is InChI=1S/C22H18F2N4O2/c23-22(24)10-12-27(21(29)20-17-7-3-4-11-28(17)14-25-20)13-18(22)30-19-9-8-15-5-1-2-6-16(15)26-19/h1-9,11,14,18H,10,12-13H2. The minimum atomic E-state index is -3.07. The number of carbonyl (C=O) groups excluding carboxylic acids is 1. The molecule has 1 aliphatic heterocycles. The molecular formula is C22H18F2N4O2. The van der Waals surface area contributed by atoms with E-state index >= 15 is 0 Å². The highest BCUT2D eigenvalue weighted by molar-refractivity contribution is 5.99. The Labute approximate surface area is 170 Å². The Hall–Kier alpha value is -3.55. The van der Waals surface area contributed by atoms with Gasteiger partial charge in [0.1, 0.15) is 6.33 Å². The average molecular weight is 408 g/mol. The second-order valence-corrected chi connectivity index (χ2v) is 7.30. The van der Waals surface area contributed by atoms with Crippen LogP contribution in [0.3, 0.4) is 0 Å². The zero-order valence-electron chi connectivity index (χ0n) is 15.9. The monoisotopic (exact) mass is 408 g/mol. The van der Waals surface area contributed by atoms with Gasteiger partial charge in [0, 0.05) is 30.6 Å². The molecule has 6 nitrogen and oxygen atoms in total. The Kier molecular flexibility index (Phi) is 4.34. The lowest BCUT2D eigenvalue weighted by molar-refractivity contribution is -0.131. The van der Waals surface area contributed by atoms with Crippen LogP contribution in [0.5, 0.6) is 5.88 Å². The van der Waals surface area contributed by atoms with Crippen molar-refractivity contribution in [3.05, 3.63) is 72.8 Å². The topological polar surface area (TPSA) is 59.7 Å². The number of fused-ring (bicyclic) bond motifs is 2. The van der Waals surface area contributed by atoms with E-state index in [-0.39, 0.29) is 30.6 Å². The summed E-state index contributed by atoms with van der Waals surface area (Å²) in [6.45, 7) is -0.311. The van der Waals surface area contributed by atoms with Crippen molar-refractivity contribution in [2.45, 2.75) is 18.4 Å². The van der Waals surface area contributed by atoms with Gasteiger partial charge in [-0.1, -0.05) is 24.3 Å². The SMILES string of the molecule is O=C(c1ncn2ccccc12)N1CCC(F)(F)C(Oc2ccc3ccccc3n2)C1. The van der Waals surface area contributed by atoms with Gasteiger partial charge in [-0.15, -0.1) is 0 Å². The number of rotatable bonds is 3. The van der Waals surface area contributed by atoms with E-state index < -0.39 is 18.4 Å². The smallest absolute Gasteiger partial charge is 0.287 e. The minimum Gasteiger partial charge on any atom is -0.466 e. The Bertz CT molecular complexity index is 1240. The van der Waals surface area contributed by atoms with Gasteiger partial charge in [0.25, 0.3) is 11.8 Å². The van der Waals surface area contributed by atoms with Crippen LogP contribution in [0.2, 0.25) is 0 Å². The number of nitrogens with zero attached hydrogens (tertiary/aromatic N) is 4. The molecule has 1 aliphatic rings. The first kappa shape index (κ1) is 18.5. The van der Waals surface area contributed by atoms with Crippen molar-refractivity contribution < 1.29 is 18.3 Å². The number of likely N-dealkylation sites (tertiary alicyclic amines) is 1. The average Bonchev–Trinajstić information content (AvgIpc) is 3.19. The summed E-state index contributed by atoms with van der Waals surface area (Å²) < 4.78 is 36.5. The molecule has 1 fully saturated rings. The lowest BCUT2D eigenvalue weighted by Crippen LogP contribution is -2.55. The maximum Gasteiger partial charge on any atom is 0.287 e. The number of piperidine rings is 1. The van der Waals surface area contributed by atoms with Gasteiger partial charge in [0.15, 0.2) is 11.8 Å². The summed E-state index contributed by atoms with van der Waals surface area (Å²) in [6, 6.07) is 16.1. The number of imidazole rings is 1. The quantitative estimate of drug-likeness (QED) is 0.517. The zero-order chi connectivity index (χ0) is 20.7. The van der Waals surface area contributed by atoms with Crippen molar-refractivity contribution in [2.75, 3.05) is 13.1 Å². The number of pyridine rings is 2. The van der Waals surface area contributed by atoms with Crippen LogP contribution in [0.25, 0.3) is 16.4 Å². The van der Waals surface area contributed by atoms with Crippen molar-refractivity contribution >= 4 is 22.3 Å². The fourth-order valence-corrected chi connectivity index (χ4v) is 3.69. The van der Waals surface area contributed by atoms with Gasteiger partial charge in [0.2, 0.25) is 5.88 Å². The highest BCUT2D eigenvalue weighted by Gasteiger charge is 2.47. The van der Waals surface area contributed by atoms with Gasteiger partial charge in [-0.2, -0.15) is 0 Å². The molecule has 8 heteroatoms. The molecule has 1 amide bonds. The van der Waals surface area contributed by atoms with Crippen LogP contribution < -0.4 is 4.74 Å². The fourth-order valence-electron chi connectivity index (χ4n) is 3.69. The summed E-state index contributed by atoms with van der Waals surface area (Å²) in [5.74, 6) is -3.35. The third-order valence-corrected chi connectivity index (χ3v) is 5.34. The Morgan fingerprint density at radius 3 is 2.83 bits per heavy atom. The first-order valence-electron chi connectivity index (χ1n) is 9.62. The number of amides is 1. The number of benzene rings is 1. The van der Waals surface area contributed by atoms with E-state index in [9.17, 15) is 13.6 Å². The molecule has 4 heterocycles. The Morgan fingerprint density at radius 1 is 1.10 bits per heavy atom. The summed E-state index contributed by atoms with van der Waals surface area (Å²) in [4.78, 5) is 22.9. The van der Waals surface area contributed by atoms with E-state index in [1.807, 2.05) is 24.3 Å². The van der Waals surface area contributed by atoms with Crippen molar-refractivity contribution in [2.24, 2.45) is 0 Å². The van der Waals surface area contributed by atoms with Crippen LogP contribution in [-0.4, -0.2) is 50.3 Å². The van der Waals surface area contributed by atoms with Crippen molar-refractivity contribution in [3.63, 3.8) is 0 Å². The predicted molar refractivity (Wildman–Crippen MR) is 107 cm³/mol. The normalized spacial score (nSPS) is 18.6. The summed E-state index contributed by atoms with van der Waals surface area (Å²) in [5.41, 5.74) is 1.53. The number of hydrogen-bond acceptors (Lipinski definition) is 4. The molecule has 1 atom stereocenters. The molecule has 152 valence electrons. The molecule has 0 saturated carbocycles. The van der Waals surface area contributed by atoms with Gasteiger partial charge < -0.3 is 14.0 Å². The molecule has 3 aromatic heterocycles. The van der Waals surface area contributed by atoms with Crippen LogP contribution >= 0.6 is 0 Å². The zero-order valence-corrected chi connectivity index (χ0v) is 15.9. The molecule has 0 spiro atoms. The maximum absolute atomic E-state index is 14.6. The molecule has 4 aromatic rings. The molecule has 30 heavy (non-hydrogen) atoms. The molecular weight excluding hydrogens is 390 g/mol. The second-order valence-electron chi connectivity index (χ2n) is 7.30. The van der Waals surface area contributed by atoms with E-state index in [1.165, 1.54) is 11.2 Å². The van der Waals surface area contributed by atoms with E-state index in [0.29, 0.717) is 11.0 Å². The molecule has 1 unspecified atom stereocenters. The van der Waals surface area contributed by atoms with Crippen LogP contribution in [-0.2, 0) is 0 Å². The first-order valence-corrected chi connectivity index (χ1v) is 9.62. The van der Waals surface area contributed by atoms with Crippen molar-refractivity contribution in [3.8, 4) is 5.88 Å². The highest BCUT2D eigenvalue weighted by atomic mass is 19.3. The van der Waals surface area contributed by atoms with Gasteiger partial charge in [-0.05, 0) is 24.3 Å². The molecule has 0 N–H and O–H groups in total. The number of hydrogen-bond donors (Lipinski definition) is 0. The summed E-state index contributed by atoms with van der Waals surface area (Å²) in [7, 11) is 0. The third-order valence-electron chi connectivity index (χ3n) is 5.34. The van der Waals surface area contributed by atoms with Crippen LogP contribution in [0.15, 0.2) is 67.1 Å². The third kappa shape index (κ3) is 3.24. The number of ether oxygens (including phenoxy) is 1. The molecule has 0 aliphatic carbocycles. The largest absolute Gasteiger partial charge is 0.466 e. The lowest BCUT2D eigenvalue weighted by atomic mass is 10.0. The number of aromatic nitrogens is 3. The molecule has 1 saturated heterocycles. The van der Waals surface area contributed by atoms with Gasteiger partial charge in [0.05, 0.1) is 17.6 Å². The molecule has 5 rings (SSSR count). The van der Waals surface area contributed by atoms with E-state index in [4.69, 9.17) is 4.74 Å². The van der Waals surface area contributed by atoms with Crippen molar-refractivity contribution in [1.82, 2.24) is 19.3 Å². The fraction of sp³-hybridized carbons (Fsp3) is 0.227. The van der Waals surface area contributed by atoms with E-state index in [1.54, 1.807) is 40.9 Å². The van der Waals surface area contributed by atoms with Gasteiger partial charge >= 0.3 is 0 Å². The highest BCUT2D eigenvalue weighted by Crippen LogP contribution is 2.32. The van der Waals surface area contributed by atoms with Gasteiger partial charge in [-0.25, -0.2) is 18.7 Å². The first-order chi connectivity index (χ1) is 14.5. The molecule has 0 radical (unpaired) electrons. The lowest BCUT2D eigenvalue weighted by Gasteiger charge is -2.37. The van der Waals surface area contributed by atoms with Crippen LogP contribution in [0, 0.1) is 0 Å². The number of alkyl halides is 2. The second kappa shape index (κ2) is 7.05. The maximum atomic E-state index is 14.6. The van der Waals surface area contributed by atoms with Crippen LogP contribution in [0.4, 0.5) is 8.78 Å². The predicted octanol–water partition coefficient (Wildman–Crippen LogP) is 3.81. The Balaban J connectivity index is 1.39. The number of carbonyl (C=O) groups is 1. The van der Waals surface area contributed by atoms with E-state index in [2.05, 4.69) is 9.97 Å². The number of halogens is 2. The minimum absolute atomic E-state index is 0.0668. The summed E-state index contributed by atoms with van der Waals surface area (Å²) in [6.07, 6.45) is 1.34. The summed E-state index contributed by atoms with van der Waals surface area (Å²) >= 11 is 0. The number of para-hydroxylation sites is 1. The summed E-state index contributed by atoms with van der Waals surface area (Å²) in [5, 5.41) is 0.892.